The summed E-state index contributed by atoms with van der Waals surface area (Å²) in [6.45, 7) is 3.12. The van der Waals surface area contributed by atoms with E-state index >= 15 is 0 Å². The molecule has 1 aromatic rings. The summed E-state index contributed by atoms with van der Waals surface area (Å²) in [4.78, 5) is 12.4. The van der Waals surface area contributed by atoms with Gasteiger partial charge in [-0.2, -0.15) is 11.8 Å². The number of rotatable bonds is 5. The molecule has 1 aliphatic heterocycles. The Kier molecular flexibility index (Phi) is 5.14. The number of amides is 1. The molecule has 0 aliphatic carbocycles. The molecule has 2 rings (SSSR count). The van der Waals surface area contributed by atoms with E-state index in [-0.39, 0.29) is 11.9 Å². The van der Waals surface area contributed by atoms with E-state index in [1.165, 1.54) is 5.56 Å². The molecular weight excluding hydrogens is 256 g/mol. The van der Waals surface area contributed by atoms with Crippen molar-refractivity contribution in [3.63, 3.8) is 0 Å². The average Bonchev–Trinajstić information content (AvgIpc) is 2.46. The first-order valence-corrected chi connectivity index (χ1v) is 8.31. The number of carbonyl (C=O) groups excluding carboxylic acids is 1. The van der Waals surface area contributed by atoms with Crippen molar-refractivity contribution < 1.29 is 4.79 Å². The minimum atomic E-state index is 0.0708. The number of carbonyl (C=O) groups is 1. The Balaban J connectivity index is 2.15. The molecule has 0 saturated heterocycles. The summed E-state index contributed by atoms with van der Waals surface area (Å²) in [5.74, 6) is 1.04. The van der Waals surface area contributed by atoms with Gasteiger partial charge < -0.3 is 10.6 Å². The van der Waals surface area contributed by atoms with Crippen molar-refractivity contribution in [1.82, 2.24) is 5.32 Å². The summed E-state index contributed by atoms with van der Waals surface area (Å²) in [7, 11) is 0. The predicted molar refractivity (Wildman–Crippen MR) is 83.2 cm³/mol. The number of fused-ring (bicyclic) bond motifs is 1. The lowest BCUT2D eigenvalue weighted by molar-refractivity contribution is 0.0939. The first-order valence-electron chi connectivity index (χ1n) is 6.91. The lowest BCUT2D eigenvalue weighted by Crippen LogP contribution is -2.36. The first kappa shape index (κ1) is 14.3. The van der Waals surface area contributed by atoms with Crippen LogP contribution in [0.25, 0.3) is 0 Å². The van der Waals surface area contributed by atoms with E-state index in [1.807, 2.05) is 12.1 Å². The van der Waals surface area contributed by atoms with Crippen molar-refractivity contribution in [2.75, 3.05) is 23.9 Å². The molecule has 0 radical (unpaired) electrons. The number of thioether (sulfide) groups is 1. The molecule has 4 heteroatoms. The molecule has 19 heavy (non-hydrogen) atoms. The Morgan fingerprint density at radius 3 is 3.11 bits per heavy atom. The van der Waals surface area contributed by atoms with Crippen LogP contribution >= 0.6 is 11.8 Å². The van der Waals surface area contributed by atoms with Crippen LogP contribution in [0.3, 0.4) is 0 Å². The molecule has 0 fully saturated rings. The lowest BCUT2D eigenvalue weighted by Gasteiger charge is -2.22. The van der Waals surface area contributed by atoms with Crippen LogP contribution in [0.15, 0.2) is 18.2 Å². The molecular formula is C15H22N2OS. The van der Waals surface area contributed by atoms with Gasteiger partial charge in [-0.15, -0.1) is 0 Å². The Morgan fingerprint density at radius 2 is 2.37 bits per heavy atom. The maximum atomic E-state index is 12.4. The summed E-state index contributed by atoms with van der Waals surface area (Å²) in [6, 6.07) is 6.22. The third-order valence-corrected chi connectivity index (χ3v) is 4.27. The fourth-order valence-corrected chi connectivity index (χ4v) is 3.17. The molecule has 1 heterocycles. The highest BCUT2D eigenvalue weighted by Gasteiger charge is 2.18. The highest BCUT2D eigenvalue weighted by molar-refractivity contribution is 7.98. The van der Waals surface area contributed by atoms with Crippen LogP contribution in [0.4, 0.5) is 5.69 Å². The van der Waals surface area contributed by atoms with Gasteiger partial charge in [-0.25, -0.2) is 0 Å². The Bertz CT molecular complexity index is 448. The quantitative estimate of drug-likeness (QED) is 0.870. The molecule has 3 nitrogen and oxygen atoms in total. The maximum Gasteiger partial charge on any atom is 0.251 e. The minimum absolute atomic E-state index is 0.0708. The van der Waals surface area contributed by atoms with Crippen molar-refractivity contribution in [3.05, 3.63) is 29.3 Å². The maximum absolute atomic E-state index is 12.4. The van der Waals surface area contributed by atoms with Gasteiger partial charge in [-0.05, 0) is 43.2 Å². The second kappa shape index (κ2) is 6.85. The van der Waals surface area contributed by atoms with Gasteiger partial charge in [0.1, 0.15) is 0 Å². The Hall–Kier alpha value is -1.16. The van der Waals surface area contributed by atoms with Crippen molar-refractivity contribution >= 4 is 23.4 Å². The van der Waals surface area contributed by atoms with Crippen molar-refractivity contribution in [2.24, 2.45) is 0 Å². The highest BCUT2D eigenvalue weighted by atomic mass is 32.2. The van der Waals surface area contributed by atoms with Crippen molar-refractivity contribution in [1.29, 1.82) is 0 Å². The van der Waals surface area contributed by atoms with Gasteiger partial charge in [0.25, 0.3) is 5.91 Å². The molecule has 0 bridgehead atoms. The first-order chi connectivity index (χ1) is 9.26. The van der Waals surface area contributed by atoms with Crippen LogP contribution in [0.1, 0.15) is 35.7 Å². The molecule has 2 N–H and O–H groups in total. The molecule has 1 aromatic carbocycles. The molecule has 0 spiro atoms. The van der Waals surface area contributed by atoms with Gasteiger partial charge in [-0.3, -0.25) is 4.79 Å². The number of hydrogen-bond donors (Lipinski definition) is 2. The zero-order valence-electron chi connectivity index (χ0n) is 11.7. The number of benzene rings is 1. The minimum Gasteiger partial charge on any atom is -0.385 e. The zero-order chi connectivity index (χ0) is 13.7. The summed E-state index contributed by atoms with van der Waals surface area (Å²) in [5, 5.41) is 6.51. The van der Waals surface area contributed by atoms with E-state index in [1.54, 1.807) is 11.8 Å². The van der Waals surface area contributed by atoms with Gasteiger partial charge in [-0.1, -0.05) is 13.0 Å². The third kappa shape index (κ3) is 3.44. The van der Waals surface area contributed by atoms with Crippen LogP contribution in [0.2, 0.25) is 0 Å². The topological polar surface area (TPSA) is 41.1 Å². The van der Waals surface area contributed by atoms with Crippen molar-refractivity contribution in [2.45, 2.75) is 32.2 Å². The summed E-state index contributed by atoms with van der Waals surface area (Å²) >= 11 is 1.77. The van der Waals surface area contributed by atoms with Crippen LogP contribution < -0.4 is 10.6 Å². The van der Waals surface area contributed by atoms with Gasteiger partial charge in [0, 0.05) is 29.6 Å². The number of anilines is 1. The molecule has 1 amide bonds. The summed E-state index contributed by atoms with van der Waals surface area (Å²) in [5.41, 5.74) is 3.13. The molecule has 1 atom stereocenters. The van der Waals surface area contributed by atoms with Gasteiger partial charge in [0.15, 0.2) is 0 Å². The Labute approximate surface area is 119 Å². The molecule has 1 aliphatic rings. The normalized spacial score (nSPS) is 15.3. The molecule has 0 saturated carbocycles. The predicted octanol–water partition coefficient (Wildman–Crippen LogP) is 2.92. The van der Waals surface area contributed by atoms with Crippen LogP contribution in [0, 0.1) is 0 Å². The monoisotopic (exact) mass is 278 g/mol. The standard InChI is InChI=1S/C15H22N2OS/c1-3-11(10-19-2)17-15(18)13-6-4-8-14-12(13)7-5-9-16-14/h4,6,8,11,16H,3,5,7,9-10H2,1-2H3,(H,17,18). The number of nitrogens with one attached hydrogen (secondary N) is 2. The van der Waals surface area contributed by atoms with E-state index in [2.05, 4.69) is 29.9 Å². The second-order valence-electron chi connectivity index (χ2n) is 4.90. The van der Waals surface area contributed by atoms with E-state index in [0.717, 1.165) is 42.8 Å². The molecule has 0 aromatic heterocycles. The SMILES string of the molecule is CCC(CSC)NC(=O)c1cccc2c1CCCN2. The molecule has 1 unspecified atom stereocenters. The average molecular weight is 278 g/mol. The highest BCUT2D eigenvalue weighted by Crippen LogP contribution is 2.25. The lowest BCUT2D eigenvalue weighted by atomic mass is 9.97. The van der Waals surface area contributed by atoms with E-state index in [4.69, 9.17) is 0 Å². The fourth-order valence-electron chi connectivity index (χ4n) is 2.45. The third-order valence-electron chi connectivity index (χ3n) is 3.54. The van der Waals surface area contributed by atoms with Gasteiger partial charge >= 0.3 is 0 Å². The zero-order valence-corrected chi connectivity index (χ0v) is 12.5. The van der Waals surface area contributed by atoms with Crippen molar-refractivity contribution in [3.8, 4) is 0 Å². The van der Waals surface area contributed by atoms with E-state index in [9.17, 15) is 4.79 Å². The van der Waals surface area contributed by atoms with Gasteiger partial charge in [0.2, 0.25) is 0 Å². The van der Waals surface area contributed by atoms with E-state index in [0.29, 0.717) is 0 Å². The van der Waals surface area contributed by atoms with E-state index < -0.39 is 0 Å². The van der Waals surface area contributed by atoms with Crippen LogP contribution in [-0.4, -0.2) is 30.5 Å². The second-order valence-corrected chi connectivity index (χ2v) is 5.81. The van der Waals surface area contributed by atoms with Crippen LogP contribution in [-0.2, 0) is 6.42 Å². The van der Waals surface area contributed by atoms with Gasteiger partial charge in [0.05, 0.1) is 0 Å². The fraction of sp³-hybridized carbons (Fsp3) is 0.533. The Morgan fingerprint density at radius 1 is 1.53 bits per heavy atom. The largest absolute Gasteiger partial charge is 0.385 e. The number of hydrogen-bond acceptors (Lipinski definition) is 3. The smallest absolute Gasteiger partial charge is 0.251 e. The van der Waals surface area contributed by atoms with Crippen LogP contribution in [0.5, 0.6) is 0 Å². The summed E-state index contributed by atoms with van der Waals surface area (Å²) in [6.07, 6.45) is 5.13. The molecule has 104 valence electrons. The summed E-state index contributed by atoms with van der Waals surface area (Å²) < 4.78 is 0.